The molecular formula is C11H12BrClN4O. The fourth-order valence-electron chi connectivity index (χ4n) is 1.78. The normalized spacial score (nSPS) is 12.3. The monoisotopic (exact) mass is 330 g/mol. The molecule has 2 aromatic rings. The number of aryl methyl sites for hydroxylation is 2. The predicted molar refractivity (Wildman–Crippen MR) is 77.9 cm³/mol. The van der Waals surface area contributed by atoms with Crippen LogP contribution in [0, 0.1) is 0 Å². The van der Waals surface area contributed by atoms with Crippen molar-refractivity contribution in [3.63, 3.8) is 0 Å². The van der Waals surface area contributed by atoms with Gasteiger partial charge in [-0.1, -0.05) is 0 Å². The van der Waals surface area contributed by atoms with Crippen LogP contribution in [-0.2, 0) is 14.1 Å². The third kappa shape index (κ3) is 2.06. The molecule has 0 bridgehead atoms. The number of aliphatic imine (C=N–C) groups is 1. The lowest BCUT2D eigenvalue weighted by Gasteiger charge is -2.02. The Kier molecular flexibility index (Phi) is 3.49. The second-order valence-corrected chi connectivity index (χ2v) is 5.05. The molecular weight excluding hydrogens is 320 g/mol. The van der Waals surface area contributed by atoms with Gasteiger partial charge in [-0.05, 0) is 28.1 Å². The van der Waals surface area contributed by atoms with E-state index >= 15 is 0 Å². The maximum atomic E-state index is 11.8. The van der Waals surface area contributed by atoms with E-state index in [1.54, 1.807) is 29.3 Å². The summed E-state index contributed by atoms with van der Waals surface area (Å²) in [6.45, 7) is 0. The molecule has 0 radical (unpaired) electrons. The van der Waals surface area contributed by atoms with Gasteiger partial charge in [-0.3, -0.25) is 9.13 Å². The molecule has 1 heterocycles. The molecule has 1 aromatic heterocycles. The number of halogens is 2. The number of benzene rings is 1. The first kappa shape index (κ1) is 13.2. The zero-order chi connectivity index (χ0) is 13.4. The number of rotatable bonds is 2. The molecule has 0 unspecified atom stereocenters. The van der Waals surface area contributed by atoms with Crippen LogP contribution in [-0.4, -0.2) is 20.8 Å². The van der Waals surface area contributed by atoms with E-state index in [1.165, 1.54) is 0 Å². The zero-order valence-corrected chi connectivity index (χ0v) is 12.3. The highest BCUT2D eigenvalue weighted by molar-refractivity contribution is 9.10. The number of aromatic nitrogens is 2. The number of nitrogens with two attached hydrogens (primary N) is 1. The summed E-state index contributed by atoms with van der Waals surface area (Å²) in [5, 5.41) is 0. The fraction of sp³-hybridized carbons (Fsp3) is 0.273. The van der Waals surface area contributed by atoms with Crippen LogP contribution in [0.5, 0.6) is 0 Å². The topological polar surface area (TPSA) is 65.3 Å². The molecule has 0 aliphatic heterocycles. The van der Waals surface area contributed by atoms with Crippen molar-refractivity contribution in [2.45, 2.75) is 0 Å². The molecule has 2 rings (SSSR count). The van der Waals surface area contributed by atoms with Gasteiger partial charge in [0, 0.05) is 18.6 Å². The highest BCUT2D eigenvalue weighted by atomic mass is 79.9. The molecule has 0 aliphatic rings. The van der Waals surface area contributed by atoms with Crippen LogP contribution >= 0.6 is 27.5 Å². The highest BCUT2D eigenvalue weighted by Crippen LogP contribution is 2.30. The van der Waals surface area contributed by atoms with Crippen LogP contribution in [0.25, 0.3) is 11.0 Å². The predicted octanol–water partition coefficient (Wildman–Crippen LogP) is 1.87. The van der Waals surface area contributed by atoms with E-state index in [-0.39, 0.29) is 11.6 Å². The molecule has 0 saturated carbocycles. The van der Waals surface area contributed by atoms with E-state index in [1.807, 2.05) is 6.07 Å². The number of imidazole rings is 1. The average molecular weight is 332 g/mol. The maximum Gasteiger partial charge on any atom is 0.328 e. The van der Waals surface area contributed by atoms with Gasteiger partial charge in [-0.25, -0.2) is 9.79 Å². The van der Waals surface area contributed by atoms with Crippen molar-refractivity contribution >= 4 is 50.1 Å². The SMILES string of the molecule is Cn1c(=O)n(C)c2cc(N=C(N)CCl)c(Br)cc21. The summed E-state index contributed by atoms with van der Waals surface area (Å²) in [4.78, 5) is 16.0. The van der Waals surface area contributed by atoms with Crippen molar-refractivity contribution in [3.8, 4) is 0 Å². The van der Waals surface area contributed by atoms with Gasteiger partial charge in [-0.15, -0.1) is 11.6 Å². The Morgan fingerprint density at radius 2 is 1.94 bits per heavy atom. The first-order valence-corrected chi connectivity index (χ1v) is 6.52. The second-order valence-electron chi connectivity index (χ2n) is 3.93. The number of hydrogen-bond acceptors (Lipinski definition) is 2. The van der Waals surface area contributed by atoms with Crippen molar-refractivity contribution in [3.05, 3.63) is 27.1 Å². The molecule has 0 saturated heterocycles. The Morgan fingerprint density at radius 3 is 2.50 bits per heavy atom. The maximum absolute atomic E-state index is 11.8. The van der Waals surface area contributed by atoms with Crippen LogP contribution in [0.1, 0.15) is 0 Å². The Bertz CT molecular complexity index is 701. The average Bonchev–Trinajstić information content (AvgIpc) is 2.55. The fourth-order valence-corrected chi connectivity index (χ4v) is 2.26. The summed E-state index contributed by atoms with van der Waals surface area (Å²) in [6.07, 6.45) is 0. The molecule has 0 spiro atoms. The van der Waals surface area contributed by atoms with Crippen LogP contribution in [0.4, 0.5) is 5.69 Å². The smallest absolute Gasteiger partial charge is 0.328 e. The lowest BCUT2D eigenvalue weighted by molar-refractivity contribution is 0.795. The number of nitrogens with zero attached hydrogens (tertiary/aromatic N) is 3. The number of fused-ring (bicyclic) bond motifs is 1. The summed E-state index contributed by atoms with van der Waals surface area (Å²) >= 11 is 9.02. The lowest BCUT2D eigenvalue weighted by Crippen LogP contribution is -2.19. The van der Waals surface area contributed by atoms with Crippen LogP contribution in [0.3, 0.4) is 0 Å². The van der Waals surface area contributed by atoms with E-state index in [4.69, 9.17) is 17.3 Å². The standard InChI is InChI=1S/C11H12BrClN4O/c1-16-8-3-6(12)7(15-10(14)5-13)4-9(8)17(2)11(16)18/h3-4H,5H2,1-2H3,(H2,14,15). The molecule has 0 atom stereocenters. The van der Waals surface area contributed by atoms with Crippen molar-refractivity contribution in [1.82, 2.24) is 9.13 Å². The summed E-state index contributed by atoms with van der Waals surface area (Å²) in [5.41, 5.74) is 7.82. The third-order valence-corrected chi connectivity index (χ3v) is 3.65. The Balaban J connectivity index is 2.77. The van der Waals surface area contributed by atoms with E-state index in [9.17, 15) is 4.79 Å². The largest absolute Gasteiger partial charge is 0.386 e. The summed E-state index contributed by atoms with van der Waals surface area (Å²) < 4.78 is 3.92. The van der Waals surface area contributed by atoms with Gasteiger partial charge in [0.15, 0.2) is 0 Å². The third-order valence-electron chi connectivity index (χ3n) is 2.74. The Labute approximate surface area is 117 Å². The van der Waals surface area contributed by atoms with Gasteiger partial charge in [0.1, 0.15) is 5.84 Å². The molecule has 18 heavy (non-hydrogen) atoms. The Hall–Kier alpha value is -1.27. The first-order chi connectivity index (χ1) is 8.45. The molecule has 0 fully saturated rings. The number of amidine groups is 1. The van der Waals surface area contributed by atoms with Gasteiger partial charge in [0.2, 0.25) is 0 Å². The molecule has 1 aromatic carbocycles. The summed E-state index contributed by atoms with van der Waals surface area (Å²) in [6, 6.07) is 3.65. The minimum atomic E-state index is -0.0802. The van der Waals surface area contributed by atoms with E-state index in [0.717, 1.165) is 15.5 Å². The van der Waals surface area contributed by atoms with Gasteiger partial charge >= 0.3 is 5.69 Å². The van der Waals surface area contributed by atoms with Gasteiger partial charge < -0.3 is 5.73 Å². The van der Waals surface area contributed by atoms with Gasteiger partial charge in [-0.2, -0.15) is 0 Å². The molecule has 7 heteroatoms. The van der Waals surface area contributed by atoms with E-state index in [2.05, 4.69) is 20.9 Å². The molecule has 5 nitrogen and oxygen atoms in total. The van der Waals surface area contributed by atoms with Gasteiger partial charge in [0.25, 0.3) is 0 Å². The first-order valence-electron chi connectivity index (χ1n) is 5.19. The minimum Gasteiger partial charge on any atom is -0.386 e. The molecule has 2 N–H and O–H groups in total. The summed E-state index contributed by atoms with van der Waals surface area (Å²) in [5.74, 6) is 0.496. The van der Waals surface area contributed by atoms with Crippen molar-refractivity contribution < 1.29 is 0 Å². The van der Waals surface area contributed by atoms with E-state index in [0.29, 0.717) is 11.5 Å². The number of hydrogen-bond donors (Lipinski definition) is 1. The molecule has 0 amide bonds. The van der Waals surface area contributed by atoms with Gasteiger partial charge in [0.05, 0.1) is 22.6 Å². The molecule has 96 valence electrons. The summed E-state index contributed by atoms with van der Waals surface area (Å²) in [7, 11) is 3.45. The molecule has 0 aliphatic carbocycles. The Morgan fingerprint density at radius 1 is 1.39 bits per heavy atom. The number of alkyl halides is 1. The quantitative estimate of drug-likeness (QED) is 0.519. The van der Waals surface area contributed by atoms with E-state index < -0.39 is 0 Å². The van der Waals surface area contributed by atoms with Crippen molar-refractivity contribution in [1.29, 1.82) is 0 Å². The van der Waals surface area contributed by atoms with Crippen molar-refractivity contribution in [2.24, 2.45) is 24.8 Å². The lowest BCUT2D eigenvalue weighted by atomic mass is 10.2. The van der Waals surface area contributed by atoms with Crippen molar-refractivity contribution in [2.75, 3.05) is 5.88 Å². The minimum absolute atomic E-state index is 0.0802. The van der Waals surface area contributed by atoms with Crippen LogP contribution in [0.15, 0.2) is 26.4 Å². The van der Waals surface area contributed by atoms with Crippen LogP contribution < -0.4 is 11.4 Å². The second kappa shape index (κ2) is 4.78. The van der Waals surface area contributed by atoms with Crippen LogP contribution in [0.2, 0.25) is 0 Å². The highest BCUT2D eigenvalue weighted by Gasteiger charge is 2.11. The zero-order valence-electron chi connectivity index (χ0n) is 9.94.